The average molecular weight is 435 g/mol. The van der Waals surface area contributed by atoms with Crippen molar-refractivity contribution in [3.63, 3.8) is 0 Å². The number of anilines is 1. The van der Waals surface area contributed by atoms with Crippen LogP contribution < -0.4 is 5.32 Å². The second-order valence-electron chi connectivity index (χ2n) is 6.64. The molecule has 0 saturated heterocycles. The topological polar surface area (TPSA) is 58.1 Å². The molecule has 3 aromatic rings. The first-order valence-corrected chi connectivity index (χ1v) is 9.29. The number of nitrogens with one attached hydrogen (secondary N) is 1. The summed E-state index contributed by atoms with van der Waals surface area (Å²) in [5.74, 6) is 0.212. The maximum Gasteiger partial charge on any atom is 0.416 e. The Morgan fingerprint density at radius 1 is 1.00 bits per heavy atom. The quantitative estimate of drug-likeness (QED) is 0.615. The minimum absolute atomic E-state index is 0.0512. The number of rotatable bonds is 5. The van der Waals surface area contributed by atoms with Crippen molar-refractivity contribution < 1.29 is 18.0 Å². The zero-order valence-electron chi connectivity index (χ0n) is 16.2. The van der Waals surface area contributed by atoms with E-state index in [-0.39, 0.29) is 29.1 Å². The highest BCUT2D eigenvalue weighted by molar-refractivity contribution is 6.35. The molecule has 5 nitrogen and oxygen atoms in total. The predicted molar refractivity (Wildman–Crippen MR) is 110 cm³/mol. The fourth-order valence-corrected chi connectivity index (χ4v) is 2.87. The maximum absolute atomic E-state index is 12.9. The Kier molecular flexibility index (Phi) is 6.26. The van der Waals surface area contributed by atoms with Crippen LogP contribution in [0, 0.1) is 0 Å². The number of carbonyl (C=O) groups excluding carboxylic acids is 1. The van der Waals surface area contributed by atoms with Gasteiger partial charge in [-0.05, 0) is 12.1 Å². The number of carbonyl (C=O) groups is 1. The van der Waals surface area contributed by atoms with Gasteiger partial charge in [0.2, 0.25) is 5.91 Å². The third kappa shape index (κ3) is 4.88. The highest BCUT2D eigenvalue weighted by atomic mass is 35.5. The molecule has 0 bridgehead atoms. The van der Waals surface area contributed by atoms with E-state index in [4.69, 9.17) is 11.6 Å². The number of amides is 1. The van der Waals surface area contributed by atoms with Crippen LogP contribution in [0.15, 0.2) is 54.6 Å². The Labute approximate surface area is 176 Å². The summed E-state index contributed by atoms with van der Waals surface area (Å²) in [6.07, 6.45) is -4.44. The molecule has 30 heavy (non-hydrogen) atoms. The normalized spacial score (nSPS) is 11.3. The molecule has 1 amide bonds. The Morgan fingerprint density at radius 3 is 2.20 bits per heavy atom. The largest absolute Gasteiger partial charge is 0.416 e. The van der Waals surface area contributed by atoms with E-state index in [9.17, 15) is 18.0 Å². The van der Waals surface area contributed by atoms with Crippen LogP contribution in [-0.4, -0.2) is 41.4 Å². The van der Waals surface area contributed by atoms with Gasteiger partial charge in [0.15, 0.2) is 5.82 Å². The third-order valence-corrected chi connectivity index (χ3v) is 4.63. The van der Waals surface area contributed by atoms with Gasteiger partial charge in [-0.1, -0.05) is 54.1 Å². The second kappa shape index (κ2) is 8.71. The van der Waals surface area contributed by atoms with Crippen molar-refractivity contribution in [2.45, 2.75) is 6.18 Å². The SMILES string of the molecule is CN(C)C(=O)CNc1nc(-c2ccc(C(F)(F)F)cc2)nc(-c2ccccc2)c1Cl. The lowest BCUT2D eigenvalue weighted by atomic mass is 10.1. The van der Waals surface area contributed by atoms with E-state index in [0.29, 0.717) is 16.8 Å². The number of hydrogen-bond donors (Lipinski definition) is 1. The fraction of sp³-hybridized carbons (Fsp3) is 0.190. The summed E-state index contributed by atoms with van der Waals surface area (Å²) in [5, 5.41) is 3.11. The number of likely N-dealkylation sites (N-methyl/N-ethyl adjacent to an activating group) is 1. The molecule has 0 unspecified atom stereocenters. The number of benzene rings is 2. The highest BCUT2D eigenvalue weighted by Gasteiger charge is 2.30. The first kappa shape index (κ1) is 21.6. The molecule has 9 heteroatoms. The standard InChI is InChI=1S/C21H18ClF3N4O/c1-29(2)16(30)12-26-20-17(22)18(13-6-4-3-5-7-13)27-19(28-20)14-8-10-15(11-9-14)21(23,24)25/h3-11H,12H2,1-2H3,(H,26,27,28). The van der Waals surface area contributed by atoms with Crippen LogP contribution in [0.25, 0.3) is 22.6 Å². The minimum Gasteiger partial charge on any atom is -0.360 e. The van der Waals surface area contributed by atoms with Crippen molar-refractivity contribution in [3.05, 3.63) is 65.2 Å². The molecule has 0 atom stereocenters. The molecule has 1 N–H and O–H groups in total. The van der Waals surface area contributed by atoms with Crippen LogP contribution in [-0.2, 0) is 11.0 Å². The Bertz CT molecular complexity index is 1040. The average Bonchev–Trinajstić information content (AvgIpc) is 2.72. The Morgan fingerprint density at radius 2 is 1.63 bits per heavy atom. The number of nitrogens with zero attached hydrogens (tertiary/aromatic N) is 3. The molecule has 0 radical (unpaired) electrons. The molecule has 3 rings (SSSR count). The molecule has 0 aliphatic carbocycles. The highest BCUT2D eigenvalue weighted by Crippen LogP contribution is 2.35. The summed E-state index contributed by atoms with van der Waals surface area (Å²) in [4.78, 5) is 22.2. The van der Waals surface area contributed by atoms with Crippen LogP contribution in [0.4, 0.5) is 19.0 Å². The van der Waals surface area contributed by atoms with Crippen molar-refractivity contribution in [1.82, 2.24) is 14.9 Å². The van der Waals surface area contributed by atoms with Gasteiger partial charge in [0, 0.05) is 25.2 Å². The molecular weight excluding hydrogens is 417 g/mol. The zero-order valence-corrected chi connectivity index (χ0v) is 16.9. The van der Waals surface area contributed by atoms with Gasteiger partial charge in [-0.3, -0.25) is 4.79 Å². The van der Waals surface area contributed by atoms with Crippen LogP contribution in [0.3, 0.4) is 0 Å². The van der Waals surface area contributed by atoms with Gasteiger partial charge < -0.3 is 10.2 Å². The molecule has 156 valence electrons. The van der Waals surface area contributed by atoms with E-state index < -0.39 is 11.7 Å². The van der Waals surface area contributed by atoms with Gasteiger partial charge in [0.05, 0.1) is 17.8 Å². The summed E-state index contributed by atoms with van der Waals surface area (Å²) in [6, 6.07) is 13.6. The molecule has 1 heterocycles. The summed E-state index contributed by atoms with van der Waals surface area (Å²) >= 11 is 6.49. The van der Waals surface area contributed by atoms with Gasteiger partial charge in [0.1, 0.15) is 10.8 Å². The first-order chi connectivity index (χ1) is 14.2. The summed E-state index contributed by atoms with van der Waals surface area (Å²) < 4.78 is 38.6. The lowest BCUT2D eigenvalue weighted by Gasteiger charge is -2.15. The number of alkyl halides is 3. The third-order valence-electron chi connectivity index (χ3n) is 4.27. The summed E-state index contributed by atoms with van der Waals surface area (Å²) in [7, 11) is 3.24. The molecule has 1 aromatic heterocycles. The molecule has 0 spiro atoms. The predicted octanol–water partition coefficient (Wildman–Crippen LogP) is 4.98. The lowest BCUT2D eigenvalue weighted by Crippen LogP contribution is -2.29. The Balaban J connectivity index is 2.06. The molecule has 0 aliphatic heterocycles. The summed E-state index contributed by atoms with van der Waals surface area (Å²) in [6.45, 7) is -0.0512. The molecule has 0 fully saturated rings. The Hall–Kier alpha value is -3.13. The van der Waals surface area contributed by atoms with Gasteiger partial charge in [-0.25, -0.2) is 9.97 Å². The molecule has 2 aromatic carbocycles. The first-order valence-electron chi connectivity index (χ1n) is 8.91. The van der Waals surface area contributed by atoms with E-state index in [0.717, 1.165) is 12.1 Å². The van der Waals surface area contributed by atoms with Gasteiger partial charge >= 0.3 is 6.18 Å². The number of hydrogen-bond acceptors (Lipinski definition) is 4. The van der Waals surface area contributed by atoms with Gasteiger partial charge in [0.25, 0.3) is 0 Å². The second-order valence-corrected chi connectivity index (χ2v) is 7.02. The van der Waals surface area contributed by atoms with E-state index >= 15 is 0 Å². The van der Waals surface area contributed by atoms with Crippen molar-refractivity contribution in [1.29, 1.82) is 0 Å². The number of halogens is 4. The van der Waals surface area contributed by atoms with Gasteiger partial charge in [-0.2, -0.15) is 13.2 Å². The van der Waals surface area contributed by atoms with Crippen LogP contribution in [0.1, 0.15) is 5.56 Å². The maximum atomic E-state index is 12.9. The number of aromatic nitrogens is 2. The van der Waals surface area contributed by atoms with Crippen LogP contribution in [0.5, 0.6) is 0 Å². The summed E-state index contributed by atoms with van der Waals surface area (Å²) in [5.41, 5.74) is 0.735. The van der Waals surface area contributed by atoms with Crippen LogP contribution in [0.2, 0.25) is 5.02 Å². The van der Waals surface area contributed by atoms with E-state index in [2.05, 4.69) is 15.3 Å². The van der Waals surface area contributed by atoms with Crippen LogP contribution >= 0.6 is 11.6 Å². The molecule has 0 saturated carbocycles. The molecule has 0 aliphatic rings. The smallest absolute Gasteiger partial charge is 0.360 e. The minimum atomic E-state index is -4.44. The van der Waals surface area contributed by atoms with Crippen molar-refractivity contribution in [3.8, 4) is 22.6 Å². The van der Waals surface area contributed by atoms with E-state index in [1.54, 1.807) is 26.2 Å². The van der Waals surface area contributed by atoms with E-state index in [1.807, 2.05) is 18.2 Å². The monoisotopic (exact) mass is 434 g/mol. The van der Waals surface area contributed by atoms with Crippen molar-refractivity contribution in [2.24, 2.45) is 0 Å². The fourth-order valence-electron chi connectivity index (χ4n) is 2.61. The van der Waals surface area contributed by atoms with E-state index in [1.165, 1.54) is 17.0 Å². The zero-order chi connectivity index (χ0) is 21.9. The van der Waals surface area contributed by atoms with Crippen molar-refractivity contribution in [2.75, 3.05) is 26.0 Å². The lowest BCUT2D eigenvalue weighted by molar-refractivity contribution is -0.137. The molecular formula is C21H18ClF3N4O. The van der Waals surface area contributed by atoms with Gasteiger partial charge in [-0.15, -0.1) is 0 Å². The van der Waals surface area contributed by atoms with Crippen molar-refractivity contribution >= 4 is 23.3 Å².